The van der Waals surface area contributed by atoms with Gasteiger partial charge >= 0.3 is 0 Å². The van der Waals surface area contributed by atoms with Crippen LogP contribution >= 0.6 is 11.3 Å². The Hall–Kier alpha value is -3.92. The van der Waals surface area contributed by atoms with Gasteiger partial charge in [0.25, 0.3) is 5.91 Å². The third kappa shape index (κ3) is 4.51. The van der Waals surface area contributed by atoms with E-state index in [-0.39, 0.29) is 5.91 Å². The fraction of sp³-hybridized carbons (Fsp3) is 0.308. The third-order valence-electron chi connectivity index (χ3n) is 6.30. The molecule has 3 aromatic heterocycles. The number of hydrogen-bond acceptors (Lipinski definition) is 9. The summed E-state index contributed by atoms with van der Waals surface area (Å²) in [7, 11) is 3.16. The minimum atomic E-state index is -0.217. The van der Waals surface area contributed by atoms with Crippen molar-refractivity contribution in [2.24, 2.45) is 0 Å². The number of pyridine rings is 1. The smallest absolute Gasteiger partial charge is 0.266 e. The maximum atomic E-state index is 13.4. The zero-order chi connectivity index (χ0) is 25.2. The highest BCUT2D eigenvalue weighted by Crippen LogP contribution is 2.37. The Morgan fingerprint density at radius 3 is 2.47 bits per heavy atom. The number of methoxy groups -OCH3 is 2. The van der Waals surface area contributed by atoms with E-state index in [1.54, 1.807) is 32.4 Å². The van der Waals surface area contributed by atoms with Gasteiger partial charge in [0.05, 0.1) is 30.2 Å². The van der Waals surface area contributed by atoms with Crippen LogP contribution in [0.1, 0.15) is 21.1 Å². The number of fused-ring (bicyclic) bond motifs is 1. The summed E-state index contributed by atoms with van der Waals surface area (Å²) in [4.78, 5) is 33.3. The molecule has 0 bridgehead atoms. The number of ether oxygens (including phenoxy) is 2. The molecule has 9 nitrogen and oxygen atoms in total. The number of nitrogens with one attached hydrogen (secondary N) is 1. The summed E-state index contributed by atoms with van der Waals surface area (Å²) in [5.41, 5.74) is 1.42. The maximum absolute atomic E-state index is 13.4. The minimum Gasteiger partial charge on any atom is -0.497 e. The fourth-order valence-corrected chi connectivity index (χ4v) is 5.56. The van der Waals surface area contributed by atoms with E-state index in [0.717, 1.165) is 53.6 Å². The zero-order valence-corrected chi connectivity index (χ0v) is 21.6. The van der Waals surface area contributed by atoms with Gasteiger partial charge in [-0.2, -0.15) is 0 Å². The first-order valence-corrected chi connectivity index (χ1v) is 12.5. The van der Waals surface area contributed by atoms with Crippen LogP contribution in [0.2, 0.25) is 0 Å². The van der Waals surface area contributed by atoms with Crippen molar-refractivity contribution in [2.75, 3.05) is 55.5 Å². The predicted octanol–water partition coefficient (Wildman–Crippen LogP) is 4.30. The maximum Gasteiger partial charge on any atom is 0.266 e. The van der Waals surface area contributed by atoms with Crippen molar-refractivity contribution >= 4 is 44.8 Å². The Morgan fingerprint density at radius 1 is 1.00 bits per heavy atom. The summed E-state index contributed by atoms with van der Waals surface area (Å²) in [5.74, 6) is 3.53. The number of aryl methyl sites for hydroxylation is 2. The molecule has 0 radical (unpaired) electrons. The highest BCUT2D eigenvalue weighted by atomic mass is 32.1. The van der Waals surface area contributed by atoms with Gasteiger partial charge in [-0.3, -0.25) is 4.79 Å². The predicted molar refractivity (Wildman–Crippen MR) is 143 cm³/mol. The molecular weight excluding hydrogens is 476 g/mol. The molecule has 1 amide bonds. The molecule has 4 aromatic rings. The fourth-order valence-electron chi connectivity index (χ4n) is 4.45. The lowest BCUT2D eigenvalue weighted by Gasteiger charge is -2.36. The molecule has 1 N–H and O–H groups in total. The second kappa shape index (κ2) is 9.98. The number of rotatable bonds is 6. The van der Waals surface area contributed by atoms with Crippen LogP contribution < -0.4 is 24.6 Å². The number of amides is 1. The number of carbonyl (C=O) groups is 1. The van der Waals surface area contributed by atoms with E-state index in [4.69, 9.17) is 14.5 Å². The van der Waals surface area contributed by atoms with Crippen LogP contribution in [0.15, 0.2) is 42.6 Å². The normalized spacial score (nSPS) is 13.7. The highest BCUT2D eigenvalue weighted by molar-refractivity contribution is 7.20. The van der Waals surface area contributed by atoms with E-state index in [1.165, 1.54) is 11.3 Å². The lowest BCUT2D eigenvalue weighted by Crippen LogP contribution is -2.47. The molecule has 5 rings (SSSR count). The first kappa shape index (κ1) is 23.8. The first-order valence-electron chi connectivity index (χ1n) is 11.7. The van der Waals surface area contributed by atoms with Crippen LogP contribution in [0.25, 0.3) is 10.2 Å². The lowest BCUT2D eigenvalue weighted by molar-refractivity contribution is 0.102. The molecule has 1 aliphatic heterocycles. The van der Waals surface area contributed by atoms with Gasteiger partial charge in [0, 0.05) is 38.4 Å². The Labute approximate surface area is 213 Å². The van der Waals surface area contributed by atoms with Crippen molar-refractivity contribution in [1.82, 2.24) is 15.0 Å². The monoisotopic (exact) mass is 504 g/mol. The summed E-state index contributed by atoms with van der Waals surface area (Å²) < 4.78 is 10.7. The second-order valence-corrected chi connectivity index (χ2v) is 9.51. The molecular formula is C26H28N6O3S. The number of piperazine rings is 1. The molecule has 1 saturated heterocycles. The van der Waals surface area contributed by atoms with E-state index < -0.39 is 0 Å². The molecule has 36 heavy (non-hydrogen) atoms. The van der Waals surface area contributed by atoms with Crippen molar-refractivity contribution in [1.29, 1.82) is 0 Å². The quantitative estimate of drug-likeness (QED) is 0.416. The van der Waals surface area contributed by atoms with Gasteiger partial charge in [0.15, 0.2) is 0 Å². The van der Waals surface area contributed by atoms with Crippen molar-refractivity contribution in [3.8, 4) is 11.5 Å². The van der Waals surface area contributed by atoms with Gasteiger partial charge in [0.2, 0.25) is 0 Å². The summed E-state index contributed by atoms with van der Waals surface area (Å²) in [6.07, 6.45) is 1.82. The molecule has 0 unspecified atom stereocenters. The van der Waals surface area contributed by atoms with Gasteiger partial charge in [-0.1, -0.05) is 6.07 Å². The van der Waals surface area contributed by atoms with Crippen molar-refractivity contribution in [3.63, 3.8) is 0 Å². The third-order valence-corrected chi connectivity index (χ3v) is 7.48. The van der Waals surface area contributed by atoms with Crippen LogP contribution in [-0.2, 0) is 0 Å². The Balaban J connectivity index is 1.43. The van der Waals surface area contributed by atoms with Crippen molar-refractivity contribution in [2.45, 2.75) is 13.8 Å². The van der Waals surface area contributed by atoms with E-state index >= 15 is 0 Å². The van der Waals surface area contributed by atoms with Crippen molar-refractivity contribution in [3.05, 3.63) is 58.9 Å². The second-order valence-electron chi connectivity index (χ2n) is 8.51. The summed E-state index contributed by atoms with van der Waals surface area (Å²) in [6.45, 7) is 7.15. The molecule has 0 atom stereocenters. The number of hydrogen-bond donors (Lipinski definition) is 1. The van der Waals surface area contributed by atoms with Crippen molar-refractivity contribution < 1.29 is 14.3 Å². The van der Waals surface area contributed by atoms with Gasteiger partial charge in [-0.25, -0.2) is 15.0 Å². The van der Waals surface area contributed by atoms with Crippen LogP contribution in [0, 0.1) is 13.8 Å². The van der Waals surface area contributed by atoms with Crippen LogP contribution in [0.4, 0.5) is 17.3 Å². The summed E-state index contributed by atoms with van der Waals surface area (Å²) in [5, 5.41) is 3.91. The standard InChI is InChI=1S/C26H28N6O3S/c1-16-22-24(32-13-11-31(12-14-32)21-7-5-6-10-27-21)28-17(2)29-26(22)36-23(16)25(33)30-19-15-18(34-3)8-9-20(19)35-4/h5-10,15H,11-14H2,1-4H3,(H,30,33). The molecule has 1 fully saturated rings. The Kier molecular flexibility index (Phi) is 6.60. The number of anilines is 3. The van der Waals surface area contributed by atoms with Crippen LogP contribution in [-0.4, -0.2) is 61.3 Å². The number of carbonyl (C=O) groups excluding carboxylic acids is 1. The Bertz CT molecular complexity index is 1400. The van der Waals surface area contributed by atoms with Crippen LogP contribution in [0.5, 0.6) is 11.5 Å². The lowest BCUT2D eigenvalue weighted by atomic mass is 10.1. The highest BCUT2D eigenvalue weighted by Gasteiger charge is 2.26. The average molecular weight is 505 g/mol. The molecule has 10 heteroatoms. The number of thiophene rings is 1. The Morgan fingerprint density at radius 2 is 1.78 bits per heavy atom. The number of nitrogens with zero attached hydrogens (tertiary/aromatic N) is 5. The topological polar surface area (TPSA) is 92.7 Å². The van der Waals surface area contributed by atoms with E-state index in [0.29, 0.717) is 27.9 Å². The minimum absolute atomic E-state index is 0.217. The molecule has 186 valence electrons. The molecule has 4 heterocycles. The van der Waals surface area contributed by atoms with E-state index in [1.807, 2.05) is 38.2 Å². The van der Waals surface area contributed by atoms with E-state index in [9.17, 15) is 4.79 Å². The first-order chi connectivity index (χ1) is 17.5. The largest absolute Gasteiger partial charge is 0.497 e. The molecule has 0 aliphatic carbocycles. The van der Waals surface area contributed by atoms with E-state index in [2.05, 4.69) is 25.1 Å². The number of benzene rings is 1. The SMILES string of the molecule is COc1ccc(OC)c(NC(=O)c2sc3nc(C)nc(N4CCN(c5ccccn5)CC4)c3c2C)c1. The van der Waals surface area contributed by atoms with Gasteiger partial charge in [-0.15, -0.1) is 11.3 Å². The summed E-state index contributed by atoms with van der Waals surface area (Å²) >= 11 is 1.38. The van der Waals surface area contributed by atoms with Gasteiger partial charge in [0.1, 0.15) is 33.8 Å². The summed E-state index contributed by atoms with van der Waals surface area (Å²) in [6, 6.07) is 11.3. The van der Waals surface area contributed by atoms with Crippen LogP contribution in [0.3, 0.4) is 0 Å². The van der Waals surface area contributed by atoms with Gasteiger partial charge < -0.3 is 24.6 Å². The molecule has 0 spiro atoms. The molecule has 1 aliphatic rings. The molecule has 1 aromatic carbocycles. The zero-order valence-electron chi connectivity index (χ0n) is 20.7. The number of aromatic nitrogens is 3. The average Bonchev–Trinajstić information content (AvgIpc) is 3.24. The molecule has 0 saturated carbocycles. The van der Waals surface area contributed by atoms with Gasteiger partial charge in [-0.05, 0) is 43.7 Å².